The van der Waals surface area contributed by atoms with Gasteiger partial charge in [0.15, 0.2) is 5.65 Å². The van der Waals surface area contributed by atoms with E-state index in [1.54, 1.807) is 12.1 Å². The van der Waals surface area contributed by atoms with Crippen LogP contribution in [0.2, 0.25) is 0 Å². The number of nitrogens with one attached hydrogen (secondary N) is 1. The van der Waals surface area contributed by atoms with Gasteiger partial charge in [0.05, 0.1) is 5.69 Å². The van der Waals surface area contributed by atoms with Gasteiger partial charge in [0, 0.05) is 48.1 Å². The second-order valence-electron chi connectivity index (χ2n) is 8.86. The number of hydrogen-bond donors (Lipinski definition) is 1. The van der Waals surface area contributed by atoms with Crippen molar-refractivity contribution in [3.63, 3.8) is 0 Å². The SMILES string of the molecule is CCc1ccc(NC(=O)C2CCN(c3cc(C)nc4cc(-c5ccc(F)cc5)nn34)CC2)cc1. The Morgan fingerprint density at radius 1 is 1.06 bits per heavy atom. The molecule has 5 rings (SSSR count). The zero-order valence-electron chi connectivity index (χ0n) is 19.5. The van der Waals surface area contributed by atoms with Gasteiger partial charge < -0.3 is 10.2 Å². The number of halogens is 1. The van der Waals surface area contributed by atoms with Crippen molar-refractivity contribution in [3.8, 4) is 11.3 Å². The number of aromatic nitrogens is 3. The summed E-state index contributed by atoms with van der Waals surface area (Å²) in [6, 6.07) is 18.3. The first-order valence-electron chi connectivity index (χ1n) is 11.8. The van der Waals surface area contributed by atoms with E-state index in [0.29, 0.717) is 0 Å². The van der Waals surface area contributed by atoms with Gasteiger partial charge in [0.25, 0.3) is 0 Å². The van der Waals surface area contributed by atoms with Gasteiger partial charge >= 0.3 is 0 Å². The maximum Gasteiger partial charge on any atom is 0.227 e. The molecule has 0 atom stereocenters. The van der Waals surface area contributed by atoms with Crippen LogP contribution in [-0.2, 0) is 11.2 Å². The number of anilines is 2. The molecule has 1 aliphatic rings. The second-order valence-corrected chi connectivity index (χ2v) is 8.86. The van der Waals surface area contributed by atoms with Crippen molar-refractivity contribution in [2.45, 2.75) is 33.1 Å². The third-order valence-electron chi connectivity index (χ3n) is 6.50. The fraction of sp³-hybridized carbons (Fsp3) is 0.296. The minimum Gasteiger partial charge on any atom is -0.356 e. The first-order valence-corrected chi connectivity index (χ1v) is 11.8. The highest BCUT2D eigenvalue weighted by Gasteiger charge is 2.27. The van der Waals surface area contributed by atoms with E-state index in [0.717, 1.165) is 66.5 Å². The average molecular weight is 458 g/mol. The third kappa shape index (κ3) is 4.51. The highest BCUT2D eigenvalue weighted by atomic mass is 19.1. The maximum absolute atomic E-state index is 13.3. The summed E-state index contributed by atoms with van der Waals surface area (Å²) in [5, 5.41) is 7.83. The van der Waals surface area contributed by atoms with Crippen molar-refractivity contribution in [1.82, 2.24) is 14.6 Å². The Morgan fingerprint density at radius 3 is 2.44 bits per heavy atom. The van der Waals surface area contributed by atoms with E-state index in [-0.39, 0.29) is 17.6 Å². The van der Waals surface area contributed by atoms with Crippen LogP contribution in [0, 0.1) is 18.7 Å². The number of rotatable bonds is 5. The molecule has 1 fully saturated rings. The van der Waals surface area contributed by atoms with Crippen molar-refractivity contribution >= 4 is 23.1 Å². The topological polar surface area (TPSA) is 62.5 Å². The fourth-order valence-corrected chi connectivity index (χ4v) is 4.51. The normalized spacial score (nSPS) is 14.5. The van der Waals surface area contributed by atoms with Gasteiger partial charge in [0.2, 0.25) is 5.91 Å². The van der Waals surface area contributed by atoms with E-state index in [2.05, 4.69) is 34.3 Å². The van der Waals surface area contributed by atoms with Gasteiger partial charge in [-0.05, 0) is 68.1 Å². The van der Waals surface area contributed by atoms with Gasteiger partial charge in [-0.25, -0.2) is 9.37 Å². The predicted molar refractivity (Wildman–Crippen MR) is 133 cm³/mol. The minimum absolute atomic E-state index is 0.0204. The van der Waals surface area contributed by atoms with Crippen LogP contribution in [0.4, 0.5) is 15.9 Å². The molecule has 4 aromatic rings. The number of piperidine rings is 1. The van der Waals surface area contributed by atoms with Crippen molar-refractivity contribution in [1.29, 1.82) is 0 Å². The highest BCUT2D eigenvalue weighted by Crippen LogP contribution is 2.28. The molecule has 0 saturated carbocycles. The van der Waals surface area contributed by atoms with Crippen molar-refractivity contribution in [3.05, 3.63) is 77.7 Å². The number of amides is 1. The Balaban J connectivity index is 1.31. The van der Waals surface area contributed by atoms with E-state index in [4.69, 9.17) is 5.10 Å². The Morgan fingerprint density at radius 2 is 1.76 bits per heavy atom. The van der Waals surface area contributed by atoms with Crippen molar-refractivity contribution in [2.24, 2.45) is 5.92 Å². The van der Waals surface area contributed by atoms with Crippen LogP contribution in [0.3, 0.4) is 0 Å². The Labute approximate surface area is 198 Å². The van der Waals surface area contributed by atoms with Crippen molar-refractivity contribution < 1.29 is 9.18 Å². The lowest BCUT2D eigenvalue weighted by atomic mass is 9.95. The van der Waals surface area contributed by atoms with Crippen LogP contribution in [0.25, 0.3) is 16.9 Å². The molecule has 174 valence electrons. The minimum atomic E-state index is -0.271. The van der Waals surface area contributed by atoms with E-state index in [9.17, 15) is 9.18 Å². The molecule has 0 spiro atoms. The molecule has 0 bridgehead atoms. The molecule has 2 aromatic heterocycles. The summed E-state index contributed by atoms with van der Waals surface area (Å²) in [6.45, 7) is 5.61. The molecule has 0 unspecified atom stereocenters. The molecule has 1 amide bonds. The van der Waals surface area contributed by atoms with E-state index >= 15 is 0 Å². The Kier molecular flexibility index (Phi) is 6.01. The van der Waals surface area contributed by atoms with E-state index in [1.807, 2.05) is 35.7 Å². The first-order chi connectivity index (χ1) is 16.5. The summed E-state index contributed by atoms with van der Waals surface area (Å²) in [6.07, 6.45) is 2.53. The standard InChI is InChI=1S/C27H28FN5O/c1-3-19-4-10-23(11-5-19)30-27(34)21-12-14-32(15-13-21)26-16-18(2)29-25-17-24(31-33(25)26)20-6-8-22(28)9-7-20/h4-11,16-17,21H,3,12-15H2,1-2H3,(H,30,34). The number of hydrogen-bond acceptors (Lipinski definition) is 4. The quantitative estimate of drug-likeness (QED) is 0.444. The summed E-state index contributed by atoms with van der Waals surface area (Å²) in [5.74, 6) is 0.752. The Hall–Kier alpha value is -3.74. The molecule has 2 aromatic carbocycles. The molecule has 6 nitrogen and oxygen atoms in total. The lowest BCUT2D eigenvalue weighted by Gasteiger charge is -2.33. The van der Waals surface area contributed by atoms with Crippen LogP contribution in [-0.4, -0.2) is 33.6 Å². The van der Waals surface area contributed by atoms with E-state index < -0.39 is 0 Å². The fourth-order valence-electron chi connectivity index (χ4n) is 4.51. The number of benzene rings is 2. The van der Waals surface area contributed by atoms with Crippen LogP contribution in [0.15, 0.2) is 60.7 Å². The molecule has 1 N–H and O–H groups in total. The van der Waals surface area contributed by atoms with Crippen LogP contribution in [0.1, 0.15) is 31.0 Å². The monoisotopic (exact) mass is 457 g/mol. The average Bonchev–Trinajstić information content (AvgIpc) is 3.28. The molecule has 1 saturated heterocycles. The smallest absolute Gasteiger partial charge is 0.227 e. The predicted octanol–water partition coefficient (Wildman–Crippen LogP) is 5.26. The highest BCUT2D eigenvalue weighted by molar-refractivity contribution is 5.92. The molecule has 34 heavy (non-hydrogen) atoms. The Bertz CT molecular complexity index is 1310. The molecule has 0 aliphatic carbocycles. The van der Waals surface area contributed by atoms with Gasteiger partial charge in [0.1, 0.15) is 11.6 Å². The molecule has 7 heteroatoms. The number of aryl methyl sites for hydroxylation is 2. The lowest BCUT2D eigenvalue weighted by molar-refractivity contribution is -0.120. The second kappa shape index (κ2) is 9.25. The maximum atomic E-state index is 13.3. The summed E-state index contributed by atoms with van der Waals surface area (Å²) in [5.41, 5.74) is 5.36. The zero-order valence-corrected chi connectivity index (χ0v) is 19.5. The van der Waals surface area contributed by atoms with Gasteiger partial charge in [-0.1, -0.05) is 19.1 Å². The number of nitrogens with zero attached hydrogens (tertiary/aromatic N) is 4. The van der Waals surface area contributed by atoms with Crippen molar-refractivity contribution in [2.75, 3.05) is 23.3 Å². The summed E-state index contributed by atoms with van der Waals surface area (Å²) < 4.78 is 15.2. The first kappa shape index (κ1) is 22.1. The number of carbonyl (C=O) groups excluding carboxylic acids is 1. The van der Waals surface area contributed by atoms with Gasteiger partial charge in [-0.15, -0.1) is 0 Å². The lowest BCUT2D eigenvalue weighted by Crippen LogP contribution is -2.39. The van der Waals surface area contributed by atoms with Crippen LogP contribution >= 0.6 is 0 Å². The number of carbonyl (C=O) groups is 1. The molecular formula is C27H28FN5O. The molecule has 0 radical (unpaired) electrons. The van der Waals surface area contributed by atoms with E-state index in [1.165, 1.54) is 17.7 Å². The largest absolute Gasteiger partial charge is 0.356 e. The molecular weight excluding hydrogens is 429 g/mol. The zero-order chi connectivity index (χ0) is 23.7. The summed E-state index contributed by atoms with van der Waals surface area (Å²) in [7, 11) is 0. The third-order valence-corrected chi connectivity index (χ3v) is 6.50. The number of fused-ring (bicyclic) bond motifs is 1. The molecule has 1 aliphatic heterocycles. The summed E-state index contributed by atoms with van der Waals surface area (Å²) >= 11 is 0. The van der Waals surface area contributed by atoms with Crippen LogP contribution in [0.5, 0.6) is 0 Å². The van der Waals surface area contributed by atoms with Gasteiger partial charge in [-0.3, -0.25) is 4.79 Å². The molecule has 3 heterocycles. The summed E-state index contributed by atoms with van der Waals surface area (Å²) in [4.78, 5) is 19.7. The van der Waals surface area contributed by atoms with Crippen LogP contribution < -0.4 is 10.2 Å². The van der Waals surface area contributed by atoms with Gasteiger partial charge in [-0.2, -0.15) is 9.61 Å².